The molecule has 0 radical (unpaired) electrons. The number of hydrogen-bond donors (Lipinski definition) is 1. The topological polar surface area (TPSA) is 73.9 Å². The quantitative estimate of drug-likeness (QED) is 0.413. The van der Waals surface area contributed by atoms with Gasteiger partial charge < -0.3 is 0 Å². The predicted molar refractivity (Wildman–Crippen MR) is 124 cm³/mol. The molecular formula is C24H16Cl2N4O. The summed E-state index contributed by atoms with van der Waals surface area (Å²) in [5.74, 6) is 0.139. The van der Waals surface area contributed by atoms with Crippen molar-refractivity contribution in [1.82, 2.24) is 14.6 Å². The lowest BCUT2D eigenvalue weighted by Crippen LogP contribution is -2.15. The van der Waals surface area contributed by atoms with Crippen LogP contribution in [-0.2, 0) is 0 Å². The monoisotopic (exact) mass is 446 g/mol. The second kappa shape index (κ2) is 7.42. The first-order chi connectivity index (χ1) is 15.0. The fraction of sp³-hybridized carbons (Fsp3) is 0.125. The summed E-state index contributed by atoms with van der Waals surface area (Å²) >= 11 is 12.5. The van der Waals surface area contributed by atoms with E-state index in [0.717, 1.165) is 28.8 Å². The van der Waals surface area contributed by atoms with E-state index < -0.39 is 0 Å². The van der Waals surface area contributed by atoms with E-state index >= 15 is 0 Å². The van der Waals surface area contributed by atoms with Gasteiger partial charge in [-0.3, -0.25) is 9.89 Å². The molecule has 31 heavy (non-hydrogen) atoms. The summed E-state index contributed by atoms with van der Waals surface area (Å²) in [6, 6.07) is 13.2. The van der Waals surface area contributed by atoms with E-state index in [1.54, 1.807) is 12.1 Å². The fourth-order valence-corrected chi connectivity index (χ4v) is 4.56. The van der Waals surface area contributed by atoms with Crippen LogP contribution in [0.1, 0.15) is 23.6 Å². The van der Waals surface area contributed by atoms with Crippen LogP contribution in [-0.4, -0.2) is 14.6 Å². The van der Waals surface area contributed by atoms with E-state index in [1.165, 1.54) is 4.52 Å². The first-order valence-corrected chi connectivity index (χ1v) is 10.5. The number of aryl methyl sites for hydroxylation is 1. The molecule has 152 valence electrons. The highest BCUT2D eigenvalue weighted by Crippen LogP contribution is 2.35. The number of hydrogen-bond acceptors (Lipinski definition) is 3. The van der Waals surface area contributed by atoms with E-state index in [-0.39, 0.29) is 11.5 Å². The van der Waals surface area contributed by atoms with Crippen molar-refractivity contribution in [2.75, 3.05) is 0 Å². The molecule has 5 nitrogen and oxygen atoms in total. The molecule has 0 saturated carbocycles. The largest absolute Gasteiger partial charge is 0.293 e. The van der Waals surface area contributed by atoms with Crippen LogP contribution >= 0.6 is 23.2 Å². The van der Waals surface area contributed by atoms with Crippen LogP contribution in [0.15, 0.2) is 65.0 Å². The summed E-state index contributed by atoms with van der Waals surface area (Å²) in [4.78, 5) is 18.0. The number of allylic oxidation sites excluding steroid dienone is 4. The molecule has 2 heterocycles. The van der Waals surface area contributed by atoms with Gasteiger partial charge in [-0.05, 0) is 49.2 Å². The molecule has 7 heteroatoms. The molecule has 2 aromatic heterocycles. The lowest BCUT2D eigenvalue weighted by molar-refractivity contribution is 0.849. The number of rotatable bonds is 2. The highest BCUT2D eigenvalue weighted by molar-refractivity contribution is 6.36. The summed E-state index contributed by atoms with van der Waals surface area (Å²) in [6.45, 7) is 1.89. The zero-order valence-electron chi connectivity index (χ0n) is 16.5. The van der Waals surface area contributed by atoms with Crippen LogP contribution in [0, 0.1) is 18.3 Å². The van der Waals surface area contributed by atoms with Crippen LogP contribution < -0.4 is 5.56 Å². The summed E-state index contributed by atoms with van der Waals surface area (Å²) in [6.07, 6.45) is 6.52. The highest BCUT2D eigenvalue weighted by atomic mass is 35.5. The molecule has 5 rings (SSSR count). The summed E-state index contributed by atoms with van der Waals surface area (Å²) < 4.78 is 1.46. The standard InChI is InChI=1S/C24H16Cl2N4O/c1-13-22(18-9-7-17(25)11-20(18)26)23-28-21-10-16(15-4-2-14(12-27)3-5-15)6-8-19(21)24(31)30(23)29-13/h2-4,6-11,15,29H,5H2,1H3. The van der Waals surface area contributed by atoms with Gasteiger partial charge in [0.1, 0.15) is 0 Å². The second-order valence-electron chi connectivity index (χ2n) is 7.56. The lowest BCUT2D eigenvalue weighted by atomic mass is 9.90. The Balaban J connectivity index is 1.70. The molecule has 1 unspecified atom stereocenters. The number of aromatic amines is 1. The van der Waals surface area contributed by atoms with Crippen molar-refractivity contribution in [2.24, 2.45) is 0 Å². The van der Waals surface area contributed by atoms with Crippen LogP contribution in [0.5, 0.6) is 0 Å². The van der Waals surface area contributed by atoms with Gasteiger partial charge >= 0.3 is 0 Å². The maximum absolute atomic E-state index is 13.2. The Labute approximate surface area is 187 Å². The third-order valence-electron chi connectivity index (χ3n) is 5.63. The maximum Gasteiger partial charge on any atom is 0.280 e. The van der Waals surface area contributed by atoms with Crippen molar-refractivity contribution in [3.63, 3.8) is 0 Å². The van der Waals surface area contributed by atoms with Crippen molar-refractivity contribution in [3.05, 3.63) is 91.9 Å². The molecule has 4 aromatic rings. The Morgan fingerprint density at radius 3 is 2.77 bits per heavy atom. The summed E-state index contributed by atoms with van der Waals surface area (Å²) in [5, 5.41) is 13.7. The van der Waals surface area contributed by atoms with Crippen molar-refractivity contribution >= 4 is 39.8 Å². The fourth-order valence-electron chi connectivity index (χ4n) is 4.06. The van der Waals surface area contributed by atoms with E-state index in [0.29, 0.717) is 32.2 Å². The van der Waals surface area contributed by atoms with Crippen molar-refractivity contribution in [2.45, 2.75) is 19.3 Å². The number of benzene rings is 2. The van der Waals surface area contributed by atoms with Gasteiger partial charge in [0.05, 0.1) is 22.0 Å². The molecule has 2 aromatic carbocycles. The molecule has 0 fully saturated rings. The van der Waals surface area contributed by atoms with Gasteiger partial charge in [0.2, 0.25) is 0 Å². The smallest absolute Gasteiger partial charge is 0.280 e. The van der Waals surface area contributed by atoms with Gasteiger partial charge in [-0.25, -0.2) is 9.50 Å². The van der Waals surface area contributed by atoms with E-state index in [1.807, 2.05) is 49.4 Å². The normalized spacial score (nSPS) is 15.9. The van der Waals surface area contributed by atoms with Crippen molar-refractivity contribution < 1.29 is 0 Å². The lowest BCUT2D eigenvalue weighted by Gasteiger charge is -2.15. The first-order valence-electron chi connectivity index (χ1n) is 9.75. The van der Waals surface area contributed by atoms with Crippen LogP contribution in [0.2, 0.25) is 10.0 Å². The Morgan fingerprint density at radius 1 is 1.23 bits per heavy atom. The first kappa shape index (κ1) is 19.6. The third kappa shape index (κ3) is 3.25. The zero-order chi connectivity index (χ0) is 21.7. The van der Waals surface area contributed by atoms with Gasteiger partial charge in [-0.1, -0.05) is 47.5 Å². The molecule has 1 atom stereocenters. The number of nitriles is 1. The van der Waals surface area contributed by atoms with Crippen LogP contribution in [0.3, 0.4) is 0 Å². The molecule has 0 saturated heterocycles. The summed E-state index contributed by atoms with van der Waals surface area (Å²) in [7, 11) is 0. The number of halogens is 2. The average molecular weight is 447 g/mol. The van der Waals surface area contributed by atoms with Crippen molar-refractivity contribution in [1.29, 1.82) is 5.26 Å². The van der Waals surface area contributed by atoms with Crippen molar-refractivity contribution in [3.8, 4) is 17.2 Å². The maximum atomic E-state index is 13.2. The number of nitrogens with zero attached hydrogens (tertiary/aromatic N) is 3. The average Bonchev–Trinajstić information content (AvgIpc) is 3.10. The molecule has 0 amide bonds. The highest BCUT2D eigenvalue weighted by Gasteiger charge is 2.19. The van der Waals surface area contributed by atoms with E-state index in [4.69, 9.17) is 33.4 Å². The SMILES string of the molecule is Cc1[nH]n2c(=O)c3ccc(C4C=CC(C#N)=CC4)cc3nc2c1-c1ccc(Cl)cc1Cl. The van der Waals surface area contributed by atoms with Gasteiger partial charge in [-0.2, -0.15) is 5.26 Å². The molecule has 1 N–H and O–H groups in total. The predicted octanol–water partition coefficient (Wildman–Crippen LogP) is 5.95. The minimum absolute atomic E-state index is 0.139. The number of fused-ring (bicyclic) bond motifs is 2. The summed E-state index contributed by atoms with van der Waals surface area (Å²) in [5.41, 5.74) is 5.00. The Bertz CT molecular complexity index is 1540. The molecule has 0 bridgehead atoms. The molecule has 1 aliphatic rings. The van der Waals surface area contributed by atoms with Gasteiger partial charge in [0.25, 0.3) is 5.56 Å². The zero-order valence-corrected chi connectivity index (χ0v) is 18.0. The van der Waals surface area contributed by atoms with E-state index in [2.05, 4.69) is 11.2 Å². The molecule has 0 aliphatic heterocycles. The Kier molecular flexibility index (Phi) is 4.70. The number of aromatic nitrogens is 3. The molecule has 0 spiro atoms. The van der Waals surface area contributed by atoms with Gasteiger partial charge in [0.15, 0.2) is 5.65 Å². The van der Waals surface area contributed by atoms with Gasteiger partial charge in [-0.15, -0.1) is 0 Å². The van der Waals surface area contributed by atoms with Gasteiger partial charge in [0, 0.05) is 33.3 Å². The molecule has 1 aliphatic carbocycles. The van der Waals surface area contributed by atoms with Crippen LogP contribution in [0.25, 0.3) is 27.7 Å². The molecular weight excluding hydrogens is 431 g/mol. The van der Waals surface area contributed by atoms with E-state index in [9.17, 15) is 4.79 Å². The minimum Gasteiger partial charge on any atom is -0.293 e. The number of H-pyrrole nitrogens is 1. The number of nitrogens with one attached hydrogen (secondary N) is 1. The third-order valence-corrected chi connectivity index (χ3v) is 6.18. The van der Waals surface area contributed by atoms with Crippen LogP contribution in [0.4, 0.5) is 0 Å². The Hall–Kier alpha value is -3.33. The minimum atomic E-state index is -0.170. The second-order valence-corrected chi connectivity index (χ2v) is 8.40. The Morgan fingerprint density at radius 2 is 2.06 bits per heavy atom.